The summed E-state index contributed by atoms with van der Waals surface area (Å²) in [6, 6.07) is 10.8. The number of alkyl halides is 2. The molecule has 0 N–H and O–H groups in total. The third-order valence-electron chi connectivity index (χ3n) is 8.88. The lowest BCUT2D eigenvalue weighted by atomic mass is 9.81. The molecule has 6 rings (SSSR count). The predicted molar refractivity (Wildman–Crippen MR) is 150 cm³/mol. The minimum absolute atomic E-state index is 0.0911. The number of carbonyl (C=O) groups is 4. The number of hydrogen-bond acceptors (Lipinski definition) is 5. The van der Waals surface area contributed by atoms with Crippen molar-refractivity contribution < 1.29 is 23.9 Å². The molecule has 2 saturated carbocycles. The molecule has 7 atom stereocenters. The lowest BCUT2D eigenvalue weighted by Gasteiger charge is -2.28. The van der Waals surface area contributed by atoms with Crippen molar-refractivity contribution in [2.75, 3.05) is 16.3 Å². The maximum Gasteiger partial charge on any atom is 0.316 e. The van der Waals surface area contributed by atoms with E-state index >= 15 is 0 Å². The van der Waals surface area contributed by atoms with E-state index in [4.69, 9.17) is 4.74 Å². The van der Waals surface area contributed by atoms with Crippen molar-refractivity contribution in [3.05, 3.63) is 53.1 Å². The average molecular weight is 644 g/mol. The zero-order valence-electron chi connectivity index (χ0n) is 21.3. The molecule has 2 aliphatic carbocycles. The number of ether oxygens (including phenoxy) is 1. The second-order valence-corrected chi connectivity index (χ2v) is 13.2. The van der Waals surface area contributed by atoms with E-state index in [1.807, 2.05) is 32.0 Å². The van der Waals surface area contributed by atoms with Gasteiger partial charge in [-0.3, -0.25) is 19.2 Å². The van der Waals surface area contributed by atoms with E-state index in [1.54, 1.807) is 30.0 Å². The number of rotatable bonds is 4. The van der Waals surface area contributed by atoms with Gasteiger partial charge in [0.25, 0.3) is 0 Å². The van der Waals surface area contributed by atoms with Crippen molar-refractivity contribution in [1.29, 1.82) is 0 Å². The number of nitrogens with zero attached hydrogens (tertiary/aromatic N) is 2. The standard InChI is InChI=1S/C29H28Br2N2O5/c1-13-4-5-17(8-14(13)2)32-12-16(10-22(32)34)29(37)38-18-6-7-21(15(3)9-18)33-27(35)23-19-11-20(24(23)28(33)36)26(31)25(19)30/h4-9,16,19-20,23-26H,10-12H2,1-3H3/t16-,19-,20-,23-,24+,25-,26+/m1/s1. The van der Waals surface area contributed by atoms with Gasteiger partial charge in [-0.05, 0) is 86.1 Å². The number of fused-ring (bicyclic) bond motifs is 5. The number of esters is 1. The molecule has 0 radical (unpaired) electrons. The van der Waals surface area contributed by atoms with Crippen LogP contribution in [0.1, 0.15) is 29.5 Å². The smallest absolute Gasteiger partial charge is 0.316 e. The Balaban J connectivity index is 1.16. The number of hydrogen-bond donors (Lipinski definition) is 0. The van der Waals surface area contributed by atoms with Crippen molar-refractivity contribution in [3.63, 3.8) is 0 Å². The summed E-state index contributed by atoms with van der Waals surface area (Å²) in [5.74, 6) is -1.39. The molecular weight excluding hydrogens is 616 g/mol. The maximum absolute atomic E-state index is 13.4. The van der Waals surface area contributed by atoms with Gasteiger partial charge in [0.1, 0.15) is 5.75 Å². The van der Waals surface area contributed by atoms with Gasteiger partial charge >= 0.3 is 5.97 Å². The molecule has 0 spiro atoms. The summed E-state index contributed by atoms with van der Waals surface area (Å²) in [6.07, 6.45) is 0.971. The van der Waals surface area contributed by atoms with Crippen molar-refractivity contribution in [1.82, 2.24) is 0 Å². The fourth-order valence-corrected chi connectivity index (χ4v) is 8.61. The molecule has 7 nitrogen and oxygen atoms in total. The molecule has 2 heterocycles. The molecule has 0 unspecified atom stereocenters. The van der Waals surface area contributed by atoms with Gasteiger partial charge in [-0.15, -0.1) is 0 Å². The highest BCUT2D eigenvalue weighted by Gasteiger charge is 2.66. The minimum atomic E-state index is -0.574. The predicted octanol–water partition coefficient (Wildman–Crippen LogP) is 4.85. The fraction of sp³-hybridized carbons (Fsp3) is 0.448. The highest BCUT2D eigenvalue weighted by atomic mass is 79.9. The van der Waals surface area contributed by atoms with Crippen molar-refractivity contribution in [2.24, 2.45) is 29.6 Å². The molecule has 2 bridgehead atoms. The summed E-state index contributed by atoms with van der Waals surface area (Å²) in [6.45, 7) is 6.08. The summed E-state index contributed by atoms with van der Waals surface area (Å²) in [4.78, 5) is 55.7. The second kappa shape index (κ2) is 9.30. The molecule has 4 aliphatic rings. The molecule has 2 aromatic rings. The second-order valence-electron chi connectivity index (χ2n) is 11.1. The van der Waals surface area contributed by atoms with Crippen LogP contribution in [0.5, 0.6) is 5.75 Å². The topological polar surface area (TPSA) is 84.0 Å². The van der Waals surface area contributed by atoms with E-state index < -0.39 is 11.9 Å². The van der Waals surface area contributed by atoms with Gasteiger partial charge in [-0.1, -0.05) is 37.9 Å². The van der Waals surface area contributed by atoms with E-state index in [-0.39, 0.29) is 64.0 Å². The lowest BCUT2D eigenvalue weighted by Crippen LogP contribution is -2.37. The molecule has 2 aromatic carbocycles. The minimum Gasteiger partial charge on any atom is -0.426 e. The number of anilines is 2. The quantitative estimate of drug-likeness (QED) is 0.206. The third kappa shape index (κ3) is 3.87. The van der Waals surface area contributed by atoms with Crippen LogP contribution in [0.4, 0.5) is 11.4 Å². The van der Waals surface area contributed by atoms with Crippen LogP contribution in [0.15, 0.2) is 36.4 Å². The third-order valence-corrected chi connectivity index (χ3v) is 12.1. The van der Waals surface area contributed by atoms with Gasteiger partial charge in [0.2, 0.25) is 17.7 Å². The van der Waals surface area contributed by atoms with Crippen molar-refractivity contribution in [3.8, 4) is 5.75 Å². The Hall–Kier alpha value is -2.52. The van der Waals surface area contributed by atoms with Crippen LogP contribution >= 0.6 is 31.9 Å². The van der Waals surface area contributed by atoms with Gasteiger partial charge < -0.3 is 9.64 Å². The molecular formula is C29H28Br2N2O5. The number of benzene rings is 2. The highest BCUT2D eigenvalue weighted by molar-refractivity contribution is 9.12. The first-order valence-corrected chi connectivity index (χ1v) is 14.8. The van der Waals surface area contributed by atoms with Crippen LogP contribution in [0.25, 0.3) is 0 Å². The van der Waals surface area contributed by atoms with Crippen molar-refractivity contribution in [2.45, 2.75) is 43.3 Å². The number of aryl methyl sites for hydroxylation is 3. The van der Waals surface area contributed by atoms with E-state index in [0.29, 0.717) is 17.0 Å². The SMILES string of the molecule is Cc1ccc(N2C[C@H](C(=O)Oc3ccc(N4C(=O)[C@@H]5[C@H]6C[C@@H]([C@H](Br)[C@@H]6Br)[C@@H]5C4=O)c(C)c3)CC2=O)cc1C. The number of halogens is 2. The molecule has 0 aromatic heterocycles. The normalized spacial score (nSPS) is 31.9. The number of amides is 3. The van der Waals surface area contributed by atoms with Gasteiger partial charge in [0.05, 0.1) is 23.4 Å². The van der Waals surface area contributed by atoms with E-state index in [2.05, 4.69) is 31.9 Å². The van der Waals surface area contributed by atoms with Gasteiger partial charge in [-0.25, -0.2) is 4.90 Å². The number of carbonyl (C=O) groups excluding carboxylic acids is 4. The largest absolute Gasteiger partial charge is 0.426 e. The Bertz CT molecular complexity index is 1360. The van der Waals surface area contributed by atoms with Crippen molar-refractivity contribution >= 4 is 66.9 Å². The molecule has 2 saturated heterocycles. The molecule has 2 aliphatic heterocycles. The Morgan fingerprint density at radius 1 is 0.868 bits per heavy atom. The molecule has 38 heavy (non-hydrogen) atoms. The monoisotopic (exact) mass is 642 g/mol. The van der Waals surface area contributed by atoms with Crippen LogP contribution < -0.4 is 14.5 Å². The summed E-state index contributed by atoms with van der Waals surface area (Å²) < 4.78 is 5.65. The van der Waals surface area contributed by atoms with Crippen LogP contribution in [-0.2, 0) is 19.2 Å². The zero-order chi connectivity index (χ0) is 27.0. The first-order valence-electron chi connectivity index (χ1n) is 12.9. The first kappa shape index (κ1) is 25.7. The zero-order valence-corrected chi connectivity index (χ0v) is 24.5. The van der Waals surface area contributed by atoms with Crippen LogP contribution in [0.3, 0.4) is 0 Å². The van der Waals surface area contributed by atoms with E-state index in [0.717, 1.165) is 23.2 Å². The van der Waals surface area contributed by atoms with Gasteiger partial charge in [0.15, 0.2) is 0 Å². The molecule has 198 valence electrons. The highest BCUT2D eigenvalue weighted by Crippen LogP contribution is 2.60. The maximum atomic E-state index is 13.4. The molecule has 3 amide bonds. The molecule has 9 heteroatoms. The van der Waals surface area contributed by atoms with Crippen LogP contribution in [-0.4, -0.2) is 39.9 Å². The van der Waals surface area contributed by atoms with Crippen LogP contribution in [0.2, 0.25) is 0 Å². The van der Waals surface area contributed by atoms with Gasteiger partial charge in [-0.2, -0.15) is 0 Å². The lowest BCUT2D eigenvalue weighted by molar-refractivity contribution is -0.139. The number of imide groups is 1. The Morgan fingerprint density at radius 3 is 2.13 bits per heavy atom. The summed E-state index contributed by atoms with van der Waals surface area (Å²) >= 11 is 7.44. The summed E-state index contributed by atoms with van der Waals surface area (Å²) in [5, 5.41) is 0. The molecule has 4 fully saturated rings. The van der Waals surface area contributed by atoms with E-state index in [9.17, 15) is 19.2 Å². The summed E-state index contributed by atoms with van der Waals surface area (Å²) in [7, 11) is 0. The Labute approximate surface area is 238 Å². The fourth-order valence-electron chi connectivity index (χ4n) is 6.74. The van der Waals surface area contributed by atoms with Gasteiger partial charge in [0, 0.05) is 28.3 Å². The summed E-state index contributed by atoms with van der Waals surface area (Å²) in [5.41, 5.74) is 4.21. The first-order chi connectivity index (χ1) is 18.1. The Kier molecular flexibility index (Phi) is 6.30. The Morgan fingerprint density at radius 2 is 1.53 bits per heavy atom. The average Bonchev–Trinajstić information content (AvgIpc) is 3.59. The van der Waals surface area contributed by atoms with E-state index in [1.165, 1.54) is 4.90 Å². The van der Waals surface area contributed by atoms with Crippen LogP contribution in [0, 0.1) is 50.4 Å².